The van der Waals surface area contributed by atoms with E-state index in [9.17, 15) is 4.79 Å². The van der Waals surface area contributed by atoms with Gasteiger partial charge in [0.25, 0.3) is 0 Å². The molecule has 0 fully saturated rings. The average Bonchev–Trinajstić information content (AvgIpc) is 3.17. The number of nitrogens with zero attached hydrogens (tertiary/aromatic N) is 1. The van der Waals surface area contributed by atoms with E-state index in [0.29, 0.717) is 13.0 Å². The van der Waals surface area contributed by atoms with E-state index in [1.54, 1.807) is 0 Å². The molecule has 2 heterocycles. The Bertz CT molecular complexity index is 1170. The summed E-state index contributed by atoms with van der Waals surface area (Å²) >= 11 is 0. The Morgan fingerprint density at radius 3 is 2.37 bits per heavy atom. The number of ether oxygens (including phenoxy) is 1. The zero-order valence-electron chi connectivity index (χ0n) is 16.9. The van der Waals surface area contributed by atoms with Crippen molar-refractivity contribution < 1.29 is 9.53 Å². The van der Waals surface area contributed by atoms with Crippen LogP contribution >= 0.6 is 0 Å². The maximum Gasteiger partial charge on any atom is 0.323 e. The quantitative estimate of drug-likeness (QED) is 0.501. The molecular formula is C26H24N2O2. The van der Waals surface area contributed by atoms with E-state index in [2.05, 4.69) is 64.5 Å². The van der Waals surface area contributed by atoms with E-state index in [1.807, 2.05) is 30.3 Å². The molecule has 4 nitrogen and oxygen atoms in total. The number of hydrogen-bond acceptors (Lipinski definition) is 3. The lowest BCUT2D eigenvalue weighted by Gasteiger charge is -2.41. The number of aromatic nitrogens is 1. The number of hydrogen-bond donors (Lipinski definition) is 1. The molecule has 0 radical (unpaired) electrons. The minimum atomic E-state index is -0.355. The molecular weight excluding hydrogens is 372 g/mol. The van der Waals surface area contributed by atoms with Gasteiger partial charge >= 0.3 is 5.97 Å². The van der Waals surface area contributed by atoms with Crippen molar-refractivity contribution in [1.29, 1.82) is 0 Å². The van der Waals surface area contributed by atoms with Gasteiger partial charge < -0.3 is 9.72 Å². The number of methoxy groups -OCH3 is 1. The highest BCUT2D eigenvalue weighted by molar-refractivity contribution is 5.87. The second-order valence-electron chi connectivity index (χ2n) is 7.78. The normalized spacial score (nSPS) is 18.8. The number of rotatable bonds is 4. The third-order valence-corrected chi connectivity index (χ3v) is 6.05. The zero-order valence-corrected chi connectivity index (χ0v) is 16.9. The number of para-hydroxylation sites is 1. The molecule has 0 saturated heterocycles. The van der Waals surface area contributed by atoms with Crippen LogP contribution in [0.4, 0.5) is 0 Å². The number of aromatic amines is 1. The molecule has 1 aromatic heterocycles. The fourth-order valence-corrected chi connectivity index (χ4v) is 4.67. The molecule has 0 bridgehead atoms. The van der Waals surface area contributed by atoms with Gasteiger partial charge in [0.15, 0.2) is 0 Å². The Hall–Kier alpha value is -3.37. The third kappa shape index (κ3) is 3.19. The fourth-order valence-electron chi connectivity index (χ4n) is 4.67. The van der Waals surface area contributed by atoms with Crippen molar-refractivity contribution in [2.75, 3.05) is 7.11 Å². The highest BCUT2D eigenvalue weighted by Crippen LogP contribution is 2.41. The summed E-state index contributed by atoms with van der Waals surface area (Å²) in [6.07, 6.45) is 0.627. The van der Waals surface area contributed by atoms with Gasteiger partial charge in [0.2, 0.25) is 0 Å². The summed E-state index contributed by atoms with van der Waals surface area (Å²) < 4.78 is 5.25. The third-order valence-electron chi connectivity index (χ3n) is 6.05. The lowest BCUT2D eigenvalue weighted by molar-refractivity contribution is -0.148. The summed E-state index contributed by atoms with van der Waals surface area (Å²) in [7, 11) is 1.48. The minimum absolute atomic E-state index is 0.0633. The molecule has 30 heavy (non-hydrogen) atoms. The van der Waals surface area contributed by atoms with E-state index in [0.717, 1.165) is 11.1 Å². The lowest BCUT2D eigenvalue weighted by atomic mass is 9.87. The molecule has 0 aliphatic carbocycles. The van der Waals surface area contributed by atoms with Crippen LogP contribution in [0.25, 0.3) is 10.9 Å². The molecule has 2 atom stereocenters. The van der Waals surface area contributed by atoms with Gasteiger partial charge in [-0.2, -0.15) is 0 Å². The molecule has 4 aromatic rings. The van der Waals surface area contributed by atoms with Gasteiger partial charge in [-0.1, -0.05) is 78.9 Å². The highest BCUT2D eigenvalue weighted by atomic mass is 16.5. The Balaban J connectivity index is 1.71. The number of nitrogens with one attached hydrogen (secondary N) is 1. The maximum atomic E-state index is 12.9. The van der Waals surface area contributed by atoms with Crippen molar-refractivity contribution in [3.63, 3.8) is 0 Å². The van der Waals surface area contributed by atoms with Crippen molar-refractivity contribution >= 4 is 16.9 Å². The van der Waals surface area contributed by atoms with Gasteiger partial charge in [-0.3, -0.25) is 9.69 Å². The maximum absolute atomic E-state index is 12.9. The molecule has 150 valence electrons. The van der Waals surface area contributed by atoms with Crippen LogP contribution in [0, 0.1) is 0 Å². The van der Waals surface area contributed by atoms with Crippen LogP contribution < -0.4 is 0 Å². The zero-order chi connectivity index (χ0) is 20.5. The highest BCUT2D eigenvalue weighted by Gasteiger charge is 2.41. The van der Waals surface area contributed by atoms with E-state index in [1.165, 1.54) is 29.3 Å². The SMILES string of the molecule is COC(=O)[C@@H]1Cc2c([nH]c3ccccc23)[C@@H](c2ccccc2)N1Cc1ccccc1. The first-order valence-corrected chi connectivity index (χ1v) is 10.3. The Morgan fingerprint density at radius 1 is 0.967 bits per heavy atom. The number of H-pyrrole nitrogens is 1. The number of esters is 1. The predicted molar refractivity (Wildman–Crippen MR) is 118 cm³/mol. The minimum Gasteiger partial charge on any atom is -0.468 e. The van der Waals surface area contributed by atoms with Crippen LogP contribution in [0.5, 0.6) is 0 Å². The summed E-state index contributed by atoms with van der Waals surface area (Å²) in [5.41, 5.74) is 5.81. The van der Waals surface area contributed by atoms with Crippen molar-refractivity contribution in [2.24, 2.45) is 0 Å². The van der Waals surface area contributed by atoms with Gasteiger partial charge in [-0.05, 0) is 22.8 Å². The van der Waals surface area contributed by atoms with Crippen LogP contribution in [0.1, 0.15) is 28.4 Å². The monoisotopic (exact) mass is 396 g/mol. The molecule has 0 saturated carbocycles. The number of carbonyl (C=O) groups is 1. The van der Waals surface area contributed by atoms with E-state index < -0.39 is 0 Å². The van der Waals surface area contributed by atoms with Crippen molar-refractivity contribution in [1.82, 2.24) is 9.88 Å². The van der Waals surface area contributed by atoms with Gasteiger partial charge in [0.1, 0.15) is 6.04 Å². The lowest BCUT2D eigenvalue weighted by Crippen LogP contribution is -2.48. The molecule has 0 amide bonds. The van der Waals surface area contributed by atoms with Crippen LogP contribution in [0.15, 0.2) is 84.9 Å². The Morgan fingerprint density at radius 2 is 1.63 bits per heavy atom. The average molecular weight is 396 g/mol. The van der Waals surface area contributed by atoms with Crippen LogP contribution in [-0.4, -0.2) is 29.0 Å². The molecule has 1 aliphatic rings. The summed E-state index contributed by atoms with van der Waals surface area (Å²) in [5, 5.41) is 1.18. The smallest absolute Gasteiger partial charge is 0.323 e. The first kappa shape index (κ1) is 18.6. The van der Waals surface area contributed by atoms with Crippen LogP contribution in [-0.2, 0) is 22.5 Å². The fraction of sp³-hybridized carbons (Fsp3) is 0.192. The van der Waals surface area contributed by atoms with Gasteiger partial charge in [0.05, 0.1) is 13.2 Å². The van der Waals surface area contributed by atoms with E-state index in [4.69, 9.17) is 4.74 Å². The first-order chi connectivity index (χ1) is 14.8. The summed E-state index contributed by atoms with van der Waals surface area (Å²) in [4.78, 5) is 18.9. The van der Waals surface area contributed by atoms with E-state index >= 15 is 0 Å². The second-order valence-corrected chi connectivity index (χ2v) is 7.78. The van der Waals surface area contributed by atoms with Crippen molar-refractivity contribution in [2.45, 2.75) is 25.0 Å². The predicted octanol–water partition coefficient (Wildman–Crippen LogP) is 4.86. The second kappa shape index (κ2) is 7.81. The number of fused-ring (bicyclic) bond motifs is 3. The van der Waals surface area contributed by atoms with Crippen LogP contribution in [0.2, 0.25) is 0 Å². The number of carbonyl (C=O) groups excluding carboxylic acids is 1. The molecule has 4 heteroatoms. The first-order valence-electron chi connectivity index (χ1n) is 10.3. The Kier molecular flexibility index (Phi) is 4.85. The van der Waals surface area contributed by atoms with E-state index in [-0.39, 0.29) is 18.1 Å². The van der Waals surface area contributed by atoms with Crippen molar-refractivity contribution in [3.8, 4) is 0 Å². The number of benzene rings is 3. The van der Waals surface area contributed by atoms with Gasteiger partial charge in [-0.15, -0.1) is 0 Å². The molecule has 1 aliphatic heterocycles. The molecule has 1 N–H and O–H groups in total. The van der Waals surface area contributed by atoms with Gasteiger partial charge in [0, 0.05) is 29.6 Å². The molecule has 5 rings (SSSR count). The van der Waals surface area contributed by atoms with Crippen molar-refractivity contribution in [3.05, 3.63) is 107 Å². The Labute approximate surface area is 176 Å². The van der Waals surface area contributed by atoms with Crippen LogP contribution in [0.3, 0.4) is 0 Å². The molecule has 0 spiro atoms. The largest absolute Gasteiger partial charge is 0.468 e. The summed E-state index contributed by atoms with van der Waals surface area (Å²) in [6.45, 7) is 0.662. The standard InChI is InChI=1S/C26H24N2O2/c1-30-26(29)23-16-21-20-14-8-9-15-22(20)27-24(21)25(19-12-6-3-7-13-19)28(23)17-18-10-4-2-5-11-18/h2-15,23,25,27H,16-17H2,1H3/t23-,25+/m0/s1. The molecule has 3 aromatic carbocycles. The van der Waals surface area contributed by atoms with Gasteiger partial charge in [-0.25, -0.2) is 0 Å². The summed E-state index contributed by atoms with van der Waals surface area (Å²) in [6, 6.07) is 28.6. The molecule has 0 unspecified atom stereocenters. The summed E-state index contributed by atoms with van der Waals surface area (Å²) in [5.74, 6) is -0.192. The topological polar surface area (TPSA) is 45.3 Å².